The van der Waals surface area contributed by atoms with Gasteiger partial charge in [-0.25, -0.2) is 10.3 Å². The van der Waals surface area contributed by atoms with Crippen LogP contribution in [0.2, 0.25) is 0 Å². The van der Waals surface area contributed by atoms with Crippen molar-refractivity contribution in [3.05, 3.63) is 0 Å². The summed E-state index contributed by atoms with van der Waals surface area (Å²) in [4.78, 5) is 21.6. The average molecular weight is 224 g/mol. The second-order valence-corrected chi connectivity index (χ2v) is 2.92. The maximum absolute atomic E-state index is 11.0. The first-order valence-corrected chi connectivity index (χ1v) is 4.22. The van der Waals surface area contributed by atoms with Gasteiger partial charge < -0.3 is 10.5 Å². The zero-order chi connectivity index (χ0) is 9.68. The second kappa shape index (κ2) is 6.58. The number of hydrogen-bond acceptors (Lipinski definition) is 4. The van der Waals surface area contributed by atoms with Crippen LogP contribution in [0.4, 0.5) is 4.79 Å². The van der Waals surface area contributed by atoms with Crippen molar-refractivity contribution < 1.29 is 14.8 Å². The van der Waals surface area contributed by atoms with Crippen LogP contribution in [0, 0.1) is 0 Å². The van der Waals surface area contributed by atoms with Gasteiger partial charge in [-0.2, -0.15) is 0 Å². The maximum atomic E-state index is 11.0. The molecule has 1 aliphatic rings. The van der Waals surface area contributed by atoms with Gasteiger partial charge in [-0.1, -0.05) is 0 Å². The van der Waals surface area contributed by atoms with Crippen molar-refractivity contribution in [1.29, 1.82) is 0 Å². The summed E-state index contributed by atoms with van der Waals surface area (Å²) in [6, 6.07) is -0.818. The molecule has 1 unspecified atom stereocenters. The van der Waals surface area contributed by atoms with Gasteiger partial charge in [0.25, 0.3) is 5.91 Å². The van der Waals surface area contributed by atoms with Crippen LogP contribution < -0.4 is 16.1 Å². The van der Waals surface area contributed by atoms with Crippen molar-refractivity contribution in [2.75, 3.05) is 6.54 Å². The number of rotatable bonds is 5. The van der Waals surface area contributed by atoms with E-state index in [0.29, 0.717) is 13.0 Å². The van der Waals surface area contributed by atoms with Crippen molar-refractivity contribution >= 4 is 24.3 Å². The molecule has 0 spiro atoms. The Morgan fingerprint density at radius 2 is 2.07 bits per heavy atom. The number of amides is 3. The molecule has 0 aromatic carbocycles. The Bertz CT molecular complexity index is 212. The number of nitrogens with one attached hydrogen (secondary N) is 3. The second-order valence-electron chi connectivity index (χ2n) is 2.92. The molecule has 82 valence electrons. The largest absolute Gasteiger partial charge is 0.326 e. The van der Waals surface area contributed by atoms with Gasteiger partial charge in [0, 0.05) is 6.54 Å². The van der Waals surface area contributed by atoms with E-state index in [1.54, 1.807) is 0 Å². The number of urea groups is 1. The van der Waals surface area contributed by atoms with Crippen molar-refractivity contribution in [3.63, 3.8) is 0 Å². The van der Waals surface area contributed by atoms with Crippen LogP contribution in [-0.4, -0.2) is 29.7 Å². The van der Waals surface area contributed by atoms with Gasteiger partial charge in [0.15, 0.2) is 0 Å². The first kappa shape index (κ1) is 13.2. The molecule has 0 aliphatic carbocycles. The van der Waals surface area contributed by atoms with Gasteiger partial charge in [-0.15, -0.1) is 12.4 Å². The first-order chi connectivity index (χ1) is 6.24. The molecule has 0 saturated carbocycles. The highest BCUT2D eigenvalue weighted by atomic mass is 35.5. The van der Waals surface area contributed by atoms with Gasteiger partial charge in [-0.3, -0.25) is 10.1 Å². The Labute approximate surface area is 87.8 Å². The summed E-state index contributed by atoms with van der Waals surface area (Å²) < 4.78 is 0. The maximum Gasteiger partial charge on any atom is 0.322 e. The van der Waals surface area contributed by atoms with E-state index in [-0.39, 0.29) is 18.3 Å². The van der Waals surface area contributed by atoms with Crippen LogP contribution in [0.25, 0.3) is 0 Å². The molecule has 3 amide bonds. The molecule has 1 fully saturated rings. The van der Waals surface area contributed by atoms with Crippen LogP contribution in [0.3, 0.4) is 0 Å². The molecular weight excluding hydrogens is 210 g/mol. The zero-order valence-corrected chi connectivity index (χ0v) is 8.39. The highest BCUT2D eigenvalue weighted by Crippen LogP contribution is 2.04. The highest BCUT2D eigenvalue weighted by Gasteiger charge is 2.28. The van der Waals surface area contributed by atoms with E-state index < -0.39 is 12.1 Å². The lowest BCUT2D eigenvalue weighted by Gasteiger charge is -2.05. The number of hydrogen-bond donors (Lipinski definition) is 4. The first-order valence-electron chi connectivity index (χ1n) is 4.22. The smallest absolute Gasteiger partial charge is 0.322 e. The third kappa shape index (κ3) is 3.91. The summed E-state index contributed by atoms with van der Waals surface area (Å²) in [6.45, 7) is 0.502. The molecule has 1 atom stereocenters. The minimum absolute atomic E-state index is 0. The number of carbonyl (C=O) groups is 2. The number of halogens is 1. The fourth-order valence-electron chi connectivity index (χ4n) is 1.21. The average Bonchev–Trinajstić information content (AvgIpc) is 2.39. The normalized spacial score (nSPS) is 19.9. The fraction of sp³-hybridized carbons (Fsp3) is 0.714. The van der Waals surface area contributed by atoms with Gasteiger partial charge in [-0.05, 0) is 19.3 Å². The van der Waals surface area contributed by atoms with Gasteiger partial charge in [0.2, 0.25) is 0 Å². The van der Waals surface area contributed by atoms with Gasteiger partial charge >= 0.3 is 6.03 Å². The van der Waals surface area contributed by atoms with Crippen molar-refractivity contribution in [2.24, 2.45) is 0 Å². The minimum Gasteiger partial charge on any atom is -0.326 e. The summed E-state index contributed by atoms with van der Waals surface area (Å²) in [5.41, 5.74) is 2.03. The van der Waals surface area contributed by atoms with Gasteiger partial charge in [0.05, 0.1) is 0 Å². The predicted octanol–water partition coefficient (Wildman–Crippen LogP) is -0.235. The molecule has 1 aliphatic heterocycles. The molecule has 1 rings (SSSR count). The lowest BCUT2D eigenvalue weighted by Crippen LogP contribution is -2.28. The highest BCUT2D eigenvalue weighted by molar-refractivity contribution is 6.04. The molecule has 0 radical (unpaired) electrons. The lowest BCUT2D eigenvalue weighted by atomic mass is 10.1. The van der Waals surface area contributed by atoms with Crippen LogP contribution in [0.15, 0.2) is 0 Å². The van der Waals surface area contributed by atoms with Crippen LogP contribution >= 0.6 is 12.4 Å². The molecule has 0 aromatic rings. The molecule has 6 nitrogen and oxygen atoms in total. The summed E-state index contributed by atoms with van der Waals surface area (Å²) in [7, 11) is 0. The summed E-state index contributed by atoms with van der Waals surface area (Å²) in [5.74, 6) is -0.262. The van der Waals surface area contributed by atoms with E-state index in [1.807, 2.05) is 5.48 Å². The van der Waals surface area contributed by atoms with E-state index in [1.165, 1.54) is 0 Å². The quantitative estimate of drug-likeness (QED) is 0.294. The number of imide groups is 1. The number of unbranched alkanes of at least 4 members (excludes halogenated alkanes) is 1. The third-order valence-electron chi connectivity index (χ3n) is 1.89. The Balaban J connectivity index is 0.00000169. The molecular formula is C7H14ClN3O3. The van der Waals surface area contributed by atoms with Crippen LogP contribution in [0.1, 0.15) is 19.3 Å². The van der Waals surface area contributed by atoms with E-state index in [0.717, 1.165) is 12.8 Å². The van der Waals surface area contributed by atoms with E-state index in [4.69, 9.17) is 5.21 Å². The molecule has 1 heterocycles. The molecule has 0 bridgehead atoms. The molecule has 1 saturated heterocycles. The Kier molecular flexibility index (Phi) is 6.18. The fourth-order valence-corrected chi connectivity index (χ4v) is 1.21. The minimum atomic E-state index is -0.421. The Morgan fingerprint density at radius 3 is 2.57 bits per heavy atom. The molecule has 0 aromatic heterocycles. The van der Waals surface area contributed by atoms with Crippen LogP contribution in [-0.2, 0) is 4.79 Å². The molecule has 4 N–H and O–H groups in total. The Hall–Kier alpha value is -0.850. The topological polar surface area (TPSA) is 90.5 Å². The lowest BCUT2D eigenvalue weighted by molar-refractivity contribution is -0.120. The van der Waals surface area contributed by atoms with E-state index in [2.05, 4.69) is 10.6 Å². The Morgan fingerprint density at radius 1 is 1.36 bits per heavy atom. The third-order valence-corrected chi connectivity index (χ3v) is 1.89. The summed E-state index contributed by atoms with van der Waals surface area (Å²) in [5, 5.41) is 12.9. The van der Waals surface area contributed by atoms with E-state index in [9.17, 15) is 9.59 Å². The van der Waals surface area contributed by atoms with Crippen molar-refractivity contribution in [3.8, 4) is 0 Å². The van der Waals surface area contributed by atoms with Crippen molar-refractivity contribution in [2.45, 2.75) is 25.3 Å². The molecule has 14 heavy (non-hydrogen) atoms. The van der Waals surface area contributed by atoms with E-state index >= 15 is 0 Å². The monoisotopic (exact) mass is 223 g/mol. The number of hydroxylamine groups is 1. The summed E-state index contributed by atoms with van der Waals surface area (Å²) in [6.07, 6.45) is 2.17. The predicted molar refractivity (Wildman–Crippen MR) is 51.4 cm³/mol. The van der Waals surface area contributed by atoms with Crippen LogP contribution in [0.5, 0.6) is 0 Å². The van der Waals surface area contributed by atoms with Gasteiger partial charge in [0.1, 0.15) is 6.04 Å². The van der Waals surface area contributed by atoms with Crippen molar-refractivity contribution in [1.82, 2.24) is 16.1 Å². The SMILES string of the molecule is Cl.O=C1NC(=O)C(CCCCNO)N1. The summed E-state index contributed by atoms with van der Waals surface area (Å²) >= 11 is 0. The number of carbonyl (C=O) groups excluding carboxylic acids is 2. The molecule has 7 heteroatoms. The zero-order valence-electron chi connectivity index (χ0n) is 7.58. The standard InChI is InChI=1S/C7H13N3O3.ClH/c11-6-5(9-7(12)10-6)3-1-2-4-8-13;/h5,8,13H,1-4H2,(H2,9,10,11,12);1H.